The third kappa shape index (κ3) is 4.33. The van der Waals surface area contributed by atoms with Crippen molar-refractivity contribution in [3.8, 4) is 5.75 Å². The summed E-state index contributed by atoms with van der Waals surface area (Å²) in [4.78, 5) is 10.9. The molecule has 100 valence electrons. The highest BCUT2D eigenvalue weighted by atomic mass is 19.1. The zero-order valence-corrected chi connectivity index (χ0v) is 10.5. The number of hydrogen-bond donors (Lipinski definition) is 1. The molecule has 0 aliphatic rings. The van der Waals surface area contributed by atoms with Crippen molar-refractivity contribution < 1.29 is 23.8 Å². The van der Waals surface area contributed by atoms with Gasteiger partial charge in [-0.2, -0.15) is 0 Å². The molecule has 18 heavy (non-hydrogen) atoms. The van der Waals surface area contributed by atoms with Gasteiger partial charge in [-0.25, -0.2) is 4.39 Å². The third-order valence-corrected chi connectivity index (χ3v) is 2.43. The molecule has 0 heterocycles. The van der Waals surface area contributed by atoms with Gasteiger partial charge in [-0.15, -0.1) is 0 Å². The first-order chi connectivity index (χ1) is 8.54. The van der Waals surface area contributed by atoms with Crippen molar-refractivity contribution in [2.45, 2.75) is 25.9 Å². The summed E-state index contributed by atoms with van der Waals surface area (Å²) in [5.41, 5.74) is 0.396. The van der Waals surface area contributed by atoms with Crippen molar-refractivity contribution in [1.82, 2.24) is 0 Å². The Balaban J connectivity index is 2.54. The molecule has 0 saturated heterocycles. The van der Waals surface area contributed by atoms with Gasteiger partial charge in [0.2, 0.25) is 0 Å². The summed E-state index contributed by atoms with van der Waals surface area (Å²) in [5.74, 6) is -0.294. The molecule has 1 aromatic rings. The van der Waals surface area contributed by atoms with Crippen LogP contribution in [0.5, 0.6) is 5.75 Å². The van der Waals surface area contributed by atoms with E-state index in [9.17, 15) is 14.3 Å². The van der Waals surface area contributed by atoms with Gasteiger partial charge in [0.25, 0.3) is 0 Å². The van der Waals surface area contributed by atoms with Crippen LogP contribution >= 0.6 is 0 Å². The molecule has 0 radical (unpaired) electrons. The number of ether oxygens (including phenoxy) is 2. The maximum absolute atomic E-state index is 13.0. The Morgan fingerprint density at radius 1 is 1.50 bits per heavy atom. The Morgan fingerprint density at radius 3 is 2.83 bits per heavy atom. The summed E-state index contributed by atoms with van der Waals surface area (Å²) in [6.07, 6.45) is -0.0401. The van der Waals surface area contributed by atoms with Gasteiger partial charge in [0.1, 0.15) is 11.6 Å². The maximum Gasteiger partial charge on any atom is 0.305 e. The quantitative estimate of drug-likeness (QED) is 0.626. The number of benzene rings is 1. The molecular formula is C13H17FO4. The predicted molar refractivity (Wildman–Crippen MR) is 63.8 cm³/mol. The molecule has 0 aliphatic carbocycles. The molecule has 1 aromatic carbocycles. The highest BCUT2D eigenvalue weighted by Gasteiger charge is 2.10. The van der Waals surface area contributed by atoms with E-state index in [1.54, 1.807) is 0 Å². The van der Waals surface area contributed by atoms with Crippen molar-refractivity contribution >= 4 is 5.97 Å². The number of carbonyl (C=O) groups excluding carboxylic acids is 1. The molecule has 0 saturated carbocycles. The standard InChI is InChI=1S/C13H17FO4/c1-9(15)11-8-10(14)5-6-12(11)18-7-3-4-13(16)17-2/h5-6,8-9,15H,3-4,7H2,1-2H3. The monoisotopic (exact) mass is 256 g/mol. The molecule has 0 bridgehead atoms. The summed E-state index contributed by atoms with van der Waals surface area (Å²) in [6.45, 7) is 1.84. The van der Waals surface area contributed by atoms with Gasteiger partial charge in [0.05, 0.1) is 19.8 Å². The van der Waals surface area contributed by atoms with Gasteiger partial charge >= 0.3 is 5.97 Å². The van der Waals surface area contributed by atoms with Gasteiger partial charge in [-0.05, 0) is 31.5 Å². The van der Waals surface area contributed by atoms with Gasteiger partial charge < -0.3 is 14.6 Å². The van der Waals surface area contributed by atoms with Crippen molar-refractivity contribution in [3.05, 3.63) is 29.6 Å². The first-order valence-electron chi connectivity index (χ1n) is 5.71. The summed E-state index contributed by atoms with van der Waals surface area (Å²) >= 11 is 0. The fourth-order valence-corrected chi connectivity index (χ4v) is 1.48. The van der Waals surface area contributed by atoms with Crippen molar-refractivity contribution in [2.75, 3.05) is 13.7 Å². The van der Waals surface area contributed by atoms with Crippen LogP contribution in [-0.2, 0) is 9.53 Å². The Labute approximate surface area is 105 Å². The van der Waals surface area contributed by atoms with E-state index >= 15 is 0 Å². The molecule has 0 aliphatic heterocycles. The molecular weight excluding hydrogens is 239 g/mol. The van der Waals surface area contributed by atoms with E-state index in [2.05, 4.69) is 4.74 Å². The summed E-state index contributed by atoms with van der Waals surface area (Å²) in [5, 5.41) is 9.49. The van der Waals surface area contributed by atoms with Crippen LogP contribution in [-0.4, -0.2) is 24.8 Å². The normalized spacial score (nSPS) is 12.0. The Hall–Kier alpha value is -1.62. The van der Waals surface area contributed by atoms with Crippen LogP contribution in [0.1, 0.15) is 31.4 Å². The molecule has 0 spiro atoms. The fraction of sp³-hybridized carbons (Fsp3) is 0.462. The molecule has 0 amide bonds. The summed E-state index contributed by atoms with van der Waals surface area (Å²) < 4.78 is 22.9. The van der Waals surface area contributed by atoms with E-state index in [1.807, 2.05) is 0 Å². The second kappa shape index (κ2) is 6.96. The summed E-state index contributed by atoms with van der Waals surface area (Å²) in [7, 11) is 1.33. The lowest BCUT2D eigenvalue weighted by atomic mass is 10.1. The number of aliphatic hydroxyl groups is 1. The number of carbonyl (C=O) groups is 1. The van der Waals surface area contributed by atoms with Crippen LogP contribution in [0, 0.1) is 5.82 Å². The average Bonchev–Trinajstić information content (AvgIpc) is 2.35. The number of aliphatic hydroxyl groups excluding tert-OH is 1. The third-order valence-electron chi connectivity index (χ3n) is 2.43. The smallest absolute Gasteiger partial charge is 0.305 e. The van der Waals surface area contributed by atoms with Crippen LogP contribution in [0.25, 0.3) is 0 Å². The average molecular weight is 256 g/mol. The van der Waals surface area contributed by atoms with Crippen LogP contribution < -0.4 is 4.74 Å². The van der Waals surface area contributed by atoms with Crippen molar-refractivity contribution in [2.24, 2.45) is 0 Å². The molecule has 5 heteroatoms. The van der Waals surface area contributed by atoms with Crippen molar-refractivity contribution in [1.29, 1.82) is 0 Å². The second-order valence-electron chi connectivity index (χ2n) is 3.89. The topological polar surface area (TPSA) is 55.8 Å². The number of esters is 1. The Morgan fingerprint density at radius 2 is 2.22 bits per heavy atom. The predicted octanol–water partition coefficient (Wildman–Crippen LogP) is 2.21. The van der Waals surface area contributed by atoms with Gasteiger partial charge in [0, 0.05) is 12.0 Å². The largest absolute Gasteiger partial charge is 0.493 e. The highest BCUT2D eigenvalue weighted by Crippen LogP contribution is 2.26. The lowest BCUT2D eigenvalue weighted by Crippen LogP contribution is -2.06. The molecule has 1 unspecified atom stereocenters. The van der Waals surface area contributed by atoms with E-state index in [1.165, 1.54) is 32.2 Å². The maximum atomic E-state index is 13.0. The number of methoxy groups -OCH3 is 1. The molecule has 1 N–H and O–H groups in total. The highest BCUT2D eigenvalue weighted by molar-refractivity contribution is 5.69. The van der Waals surface area contributed by atoms with E-state index in [0.717, 1.165) is 0 Å². The Bertz CT molecular complexity index is 404. The van der Waals surface area contributed by atoms with Crippen LogP contribution in [0.15, 0.2) is 18.2 Å². The van der Waals surface area contributed by atoms with E-state index in [0.29, 0.717) is 24.3 Å². The molecule has 0 fully saturated rings. The molecule has 0 aromatic heterocycles. The van der Waals surface area contributed by atoms with Gasteiger partial charge in [0.15, 0.2) is 0 Å². The second-order valence-corrected chi connectivity index (χ2v) is 3.89. The minimum Gasteiger partial charge on any atom is -0.493 e. The first-order valence-corrected chi connectivity index (χ1v) is 5.71. The SMILES string of the molecule is COC(=O)CCCOc1ccc(F)cc1C(C)O. The van der Waals surface area contributed by atoms with Crippen LogP contribution in [0.4, 0.5) is 4.39 Å². The van der Waals surface area contributed by atoms with Crippen molar-refractivity contribution in [3.63, 3.8) is 0 Å². The van der Waals surface area contributed by atoms with E-state index < -0.39 is 11.9 Å². The lowest BCUT2D eigenvalue weighted by molar-refractivity contribution is -0.140. The van der Waals surface area contributed by atoms with Crippen LogP contribution in [0.2, 0.25) is 0 Å². The van der Waals surface area contributed by atoms with Gasteiger partial charge in [-0.3, -0.25) is 4.79 Å². The minimum absolute atomic E-state index is 0.266. The van der Waals surface area contributed by atoms with Crippen LogP contribution in [0.3, 0.4) is 0 Å². The summed E-state index contributed by atoms with van der Waals surface area (Å²) in [6, 6.07) is 3.97. The fourth-order valence-electron chi connectivity index (χ4n) is 1.48. The minimum atomic E-state index is -0.809. The molecule has 1 rings (SSSR count). The number of rotatable bonds is 6. The first kappa shape index (κ1) is 14.4. The van der Waals surface area contributed by atoms with Gasteiger partial charge in [-0.1, -0.05) is 0 Å². The molecule has 4 nitrogen and oxygen atoms in total. The van der Waals surface area contributed by atoms with E-state index in [4.69, 9.17) is 4.74 Å². The number of halogens is 1. The lowest BCUT2D eigenvalue weighted by Gasteiger charge is -2.13. The zero-order valence-electron chi connectivity index (χ0n) is 10.5. The van der Waals surface area contributed by atoms with E-state index in [-0.39, 0.29) is 12.4 Å². The zero-order chi connectivity index (χ0) is 13.5. The Kier molecular flexibility index (Phi) is 5.58. The number of hydrogen-bond acceptors (Lipinski definition) is 4. The molecule has 1 atom stereocenters.